The molecule has 1 aromatic heterocycles. The molecule has 0 unspecified atom stereocenters. The molecule has 1 heterocycles. The van der Waals surface area contributed by atoms with E-state index >= 15 is 0 Å². The van der Waals surface area contributed by atoms with Gasteiger partial charge in [0, 0.05) is 16.8 Å². The van der Waals surface area contributed by atoms with Crippen molar-refractivity contribution in [2.75, 3.05) is 7.11 Å². The Labute approximate surface area is 186 Å². The van der Waals surface area contributed by atoms with Crippen molar-refractivity contribution in [3.05, 3.63) is 71.0 Å². The van der Waals surface area contributed by atoms with E-state index in [1.165, 1.54) is 7.11 Å². The van der Waals surface area contributed by atoms with E-state index in [4.69, 9.17) is 9.47 Å². The smallest absolute Gasteiger partial charge is 0.290 e. The number of benzene rings is 2. The molecule has 32 heavy (non-hydrogen) atoms. The molecular formula is C24H26N4O4. The summed E-state index contributed by atoms with van der Waals surface area (Å²) in [5.74, 6) is 0.0759. The summed E-state index contributed by atoms with van der Waals surface area (Å²) in [5.41, 5.74) is 8.49. The molecule has 1 aliphatic carbocycles. The van der Waals surface area contributed by atoms with Crippen LogP contribution in [0.2, 0.25) is 0 Å². The fraction of sp³-hybridized carbons (Fsp3) is 0.292. The highest BCUT2D eigenvalue weighted by Crippen LogP contribution is 2.29. The minimum Gasteiger partial charge on any atom is -0.493 e. The van der Waals surface area contributed by atoms with Gasteiger partial charge in [0.1, 0.15) is 0 Å². The van der Waals surface area contributed by atoms with Gasteiger partial charge >= 0.3 is 0 Å². The highest BCUT2D eigenvalue weighted by atomic mass is 16.5. The highest BCUT2D eigenvalue weighted by molar-refractivity contribution is 5.99. The summed E-state index contributed by atoms with van der Waals surface area (Å²) in [4.78, 5) is 25.4. The number of hydrogen-bond donors (Lipinski definition) is 2. The van der Waals surface area contributed by atoms with Gasteiger partial charge in [0.25, 0.3) is 11.8 Å². The van der Waals surface area contributed by atoms with Crippen LogP contribution >= 0.6 is 0 Å². The number of ether oxygens (including phenoxy) is 2. The number of carbonyl (C=O) groups excluding carboxylic acids is 2. The van der Waals surface area contributed by atoms with Crippen molar-refractivity contribution >= 4 is 11.8 Å². The minimum atomic E-state index is -0.466. The van der Waals surface area contributed by atoms with Gasteiger partial charge in [-0.15, -0.1) is 0 Å². The summed E-state index contributed by atoms with van der Waals surface area (Å²) in [6, 6.07) is 14.6. The standard InChI is InChI=1S/C24H26N4O4/c1-15(2)32-20-13-12-16(14-21(20)31-3)23(29)25-26-24(30)22-18-10-7-11-19(18)28(27-22)17-8-5-4-6-9-17/h4-6,8-9,12-15H,7,10-11H2,1-3H3,(H,25,29)(H,26,30). The normalized spacial score (nSPS) is 12.4. The van der Waals surface area contributed by atoms with Gasteiger partial charge in [0.15, 0.2) is 17.2 Å². The maximum Gasteiger partial charge on any atom is 0.290 e. The molecule has 2 N–H and O–H groups in total. The molecule has 4 rings (SSSR count). The molecule has 0 fully saturated rings. The zero-order valence-corrected chi connectivity index (χ0v) is 18.3. The van der Waals surface area contributed by atoms with Crippen LogP contribution in [-0.4, -0.2) is 34.8 Å². The summed E-state index contributed by atoms with van der Waals surface area (Å²) in [7, 11) is 1.51. The second-order valence-electron chi connectivity index (χ2n) is 7.82. The first-order valence-electron chi connectivity index (χ1n) is 10.6. The van der Waals surface area contributed by atoms with Crippen molar-refractivity contribution in [3.63, 3.8) is 0 Å². The molecule has 0 radical (unpaired) electrons. The molecule has 3 aromatic rings. The second kappa shape index (κ2) is 9.13. The van der Waals surface area contributed by atoms with E-state index in [-0.39, 0.29) is 6.10 Å². The number of rotatable bonds is 6. The number of amides is 2. The number of methoxy groups -OCH3 is 1. The Balaban J connectivity index is 1.48. The van der Waals surface area contributed by atoms with E-state index in [1.807, 2.05) is 48.9 Å². The third-order valence-electron chi connectivity index (χ3n) is 5.22. The Morgan fingerprint density at radius 2 is 1.75 bits per heavy atom. The van der Waals surface area contributed by atoms with Crippen molar-refractivity contribution in [1.82, 2.24) is 20.6 Å². The van der Waals surface area contributed by atoms with Crippen LogP contribution in [0.5, 0.6) is 11.5 Å². The molecular weight excluding hydrogens is 408 g/mol. The van der Waals surface area contributed by atoms with Crippen molar-refractivity contribution in [1.29, 1.82) is 0 Å². The quantitative estimate of drug-likeness (QED) is 0.581. The van der Waals surface area contributed by atoms with Gasteiger partial charge in [0.05, 0.1) is 18.9 Å². The third kappa shape index (κ3) is 4.30. The van der Waals surface area contributed by atoms with Crippen LogP contribution in [0.1, 0.15) is 52.4 Å². The first-order chi connectivity index (χ1) is 15.5. The summed E-state index contributed by atoms with van der Waals surface area (Å²) in [6.07, 6.45) is 2.59. The zero-order chi connectivity index (χ0) is 22.7. The van der Waals surface area contributed by atoms with Crippen LogP contribution in [-0.2, 0) is 12.8 Å². The summed E-state index contributed by atoms with van der Waals surface area (Å²) in [5, 5.41) is 4.54. The molecule has 1 aliphatic rings. The van der Waals surface area contributed by atoms with Crippen LogP contribution in [0.15, 0.2) is 48.5 Å². The Kier molecular flexibility index (Phi) is 6.11. The molecule has 8 nitrogen and oxygen atoms in total. The van der Waals surface area contributed by atoms with Crippen LogP contribution in [0, 0.1) is 0 Å². The lowest BCUT2D eigenvalue weighted by Crippen LogP contribution is -2.42. The van der Waals surface area contributed by atoms with Gasteiger partial charge in [-0.3, -0.25) is 20.4 Å². The number of hydrogen-bond acceptors (Lipinski definition) is 5. The number of nitrogens with one attached hydrogen (secondary N) is 2. The van der Waals surface area contributed by atoms with Crippen molar-refractivity contribution in [2.45, 2.75) is 39.2 Å². The number of para-hydroxylation sites is 1. The van der Waals surface area contributed by atoms with E-state index < -0.39 is 11.8 Å². The molecule has 8 heteroatoms. The highest BCUT2D eigenvalue weighted by Gasteiger charge is 2.27. The number of fused-ring (bicyclic) bond motifs is 1. The predicted molar refractivity (Wildman–Crippen MR) is 119 cm³/mol. The average molecular weight is 434 g/mol. The van der Waals surface area contributed by atoms with Gasteiger partial charge in [-0.05, 0) is 63.4 Å². The molecule has 0 saturated heterocycles. The molecule has 166 valence electrons. The van der Waals surface area contributed by atoms with E-state index in [9.17, 15) is 9.59 Å². The lowest BCUT2D eigenvalue weighted by atomic mass is 10.2. The maximum atomic E-state index is 12.8. The van der Waals surface area contributed by atoms with Crippen LogP contribution in [0.25, 0.3) is 5.69 Å². The largest absolute Gasteiger partial charge is 0.493 e. The van der Waals surface area contributed by atoms with Gasteiger partial charge in [0.2, 0.25) is 0 Å². The molecule has 0 atom stereocenters. The van der Waals surface area contributed by atoms with Gasteiger partial charge in [-0.1, -0.05) is 18.2 Å². The van der Waals surface area contributed by atoms with Crippen molar-refractivity contribution < 1.29 is 19.1 Å². The SMILES string of the molecule is COc1cc(C(=O)NNC(=O)c2nn(-c3ccccc3)c3c2CCC3)ccc1OC(C)C. The number of carbonyl (C=O) groups is 2. The number of hydrazine groups is 1. The molecule has 0 bridgehead atoms. The van der Waals surface area contributed by atoms with Gasteiger partial charge in [-0.25, -0.2) is 4.68 Å². The van der Waals surface area contributed by atoms with Crippen LogP contribution in [0.4, 0.5) is 0 Å². The Morgan fingerprint density at radius 1 is 1.00 bits per heavy atom. The average Bonchev–Trinajstić information content (AvgIpc) is 3.40. The lowest BCUT2D eigenvalue weighted by molar-refractivity contribution is 0.0843. The first kappa shape index (κ1) is 21.4. The third-order valence-corrected chi connectivity index (χ3v) is 5.22. The second-order valence-corrected chi connectivity index (χ2v) is 7.82. The fourth-order valence-electron chi connectivity index (χ4n) is 3.81. The van der Waals surface area contributed by atoms with E-state index in [2.05, 4.69) is 16.0 Å². The lowest BCUT2D eigenvalue weighted by Gasteiger charge is -2.14. The van der Waals surface area contributed by atoms with Crippen molar-refractivity contribution in [2.24, 2.45) is 0 Å². The maximum absolute atomic E-state index is 12.8. The number of aromatic nitrogens is 2. The monoisotopic (exact) mass is 434 g/mol. The topological polar surface area (TPSA) is 94.5 Å². The summed E-state index contributed by atoms with van der Waals surface area (Å²) >= 11 is 0. The van der Waals surface area contributed by atoms with E-state index in [0.717, 1.165) is 36.2 Å². The molecule has 0 saturated carbocycles. The fourth-order valence-corrected chi connectivity index (χ4v) is 3.81. The number of nitrogens with zero attached hydrogens (tertiary/aromatic N) is 2. The van der Waals surface area contributed by atoms with Crippen LogP contribution < -0.4 is 20.3 Å². The Morgan fingerprint density at radius 3 is 2.47 bits per heavy atom. The molecule has 0 aliphatic heterocycles. The van der Waals surface area contributed by atoms with Crippen LogP contribution in [0.3, 0.4) is 0 Å². The Hall–Kier alpha value is -3.81. The van der Waals surface area contributed by atoms with E-state index in [1.54, 1.807) is 18.2 Å². The zero-order valence-electron chi connectivity index (χ0n) is 18.3. The van der Waals surface area contributed by atoms with E-state index in [0.29, 0.717) is 22.8 Å². The molecule has 2 aromatic carbocycles. The first-order valence-corrected chi connectivity index (χ1v) is 10.6. The summed E-state index contributed by atoms with van der Waals surface area (Å²) in [6.45, 7) is 3.82. The van der Waals surface area contributed by atoms with Crippen molar-refractivity contribution in [3.8, 4) is 17.2 Å². The summed E-state index contributed by atoms with van der Waals surface area (Å²) < 4.78 is 12.8. The molecule has 0 spiro atoms. The minimum absolute atomic E-state index is 0.0275. The predicted octanol–water partition coefficient (Wildman–Crippen LogP) is 3.23. The Bertz CT molecular complexity index is 1140. The molecule has 2 amide bonds. The van der Waals surface area contributed by atoms with Gasteiger partial charge in [-0.2, -0.15) is 5.10 Å². The van der Waals surface area contributed by atoms with Gasteiger partial charge < -0.3 is 9.47 Å².